The van der Waals surface area contributed by atoms with Crippen molar-refractivity contribution in [1.29, 1.82) is 0 Å². The molecule has 0 saturated heterocycles. The number of ether oxygens (including phenoxy) is 2. The summed E-state index contributed by atoms with van der Waals surface area (Å²) < 4.78 is 16.7. The number of carbonyl (C=O) groups excluding carboxylic acids is 2. The maximum atomic E-state index is 13.7. The SMILES string of the molecule is O=C(NCCCCCOc1ccccc1)OC(=O)C(CCCC=Cc1cccnc1)(c1ccccc1)c1ncco1. The van der Waals surface area contributed by atoms with Crippen molar-refractivity contribution in [1.82, 2.24) is 15.3 Å². The highest BCUT2D eigenvalue weighted by Crippen LogP contribution is 2.38. The molecule has 1 atom stereocenters. The lowest BCUT2D eigenvalue weighted by Gasteiger charge is -2.28. The highest BCUT2D eigenvalue weighted by molar-refractivity contribution is 5.93. The van der Waals surface area contributed by atoms with Gasteiger partial charge < -0.3 is 19.2 Å². The van der Waals surface area contributed by atoms with Crippen LogP contribution in [0.2, 0.25) is 0 Å². The third-order valence-corrected chi connectivity index (χ3v) is 6.62. The first-order chi connectivity index (χ1) is 20.2. The molecule has 0 fully saturated rings. The van der Waals surface area contributed by atoms with Gasteiger partial charge in [-0.2, -0.15) is 0 Å². The van der Waals surface area contributed by atoms with Gasteiger partial charge in [-0.3, -0.25) is 4.98 Å². The van der Waals surface area contributed by atoms with Crippen LogP contribution >= 0.6 is 0 Å². The molecule has 0 spiro atoms. The van der Waals surface area contributed by atoms with Gasteiger partial charge in [0.25, 0.3) is 0 Å². The van der Waals surface area contributed by atoms with Crippen molar-refractivity contribution >= 4 is 18.1 Å². The first-order valence-corrected chi connectivity index (χ1v) is 13.9. The lowest BCUT2D eigenvalue weighted by Crippen LogP contribution is -2.42. The van der Waals surface area contributed by atoms with E-state index in [1.807, 2.05) is 84.9 Å². The van der Waals surface area contributed by atoms with Crippen molar-refractivity contribution in [3.8, 4) is 5.75 Å². The molecule has 8 nitrogen and oxygen atoms in total. The number of nitrogens with zero attached hydrogens (tertiary/aromatic N) is 2. The quantitative estimate of drug-likeness (QED) is 0.0987. The Kier molecular flexibility index (Phi) is 11.3. The van der Waals surface area contributed by atoms with Crippen LogP contribution in [0.3, 0.4) is 0 Å². The Bertz CT molecular complexity index is 1350. The molecular weight excluding hydrogens is 518 g/mol. The van der Waals surface area contributed by atoms with Gasteiger partial charge in [-0.25, -0.2) is 14.6 Å². The fourth-order valence-electron chi connectivity index (χ4n) is 4.53. The number of esters is 1. The Morgan fingerprint density at radius 1 is 0.902 bits per heavy atom. The number of alkyl carbamates (subject to hydrolysis) is 1. The zero-order valence-corrected chi connectivity index (χ0v) is 23.0. The normalized spacial score (nSPS) is 12.5. The fourth-order valence-corrected chi connectivity index (χ4v) is 4.53. The van der Waals surface area contributed by atoms with Gasteiger partial charge in [-0.15, -0.1) is 0 Å². The summed E-state index contributed by atoms with van der Waals surface area (Å²) in [5.74, 6) is 0.303. The largest absolute Gasteiger partial charge is 0.494 e. The van der Waals surface area contributed by atoms with Crippen LogP contribution in [-0.2, 0) is 14.9 Å². The number of aromatic nitrogens is 2. The van der Waals surface area contributed by atoms with Crippen LogP contribution in [0.15, 0.2) is 108 Å². The maximum Gasteiger partial charge on any atom is 0.414 e. The molecule has 41 heavy (non-hydrogen) atoms. The van der Waals surface area contributed by atoms with Crippen molar-refractivity contribution in [2.24, 2.45) is 0 Å². The van der Waals surface area contributed by atoms with E-state index in [0.29, 0.717) is 38.0 Å². The molecular formula is C33H35N3O5. The second-order valence-electron chi connectivity index (χ2n) is 9.52. The maximum absolute atomic E-state index is 13.7. The van der Waals surface area contributed by atoms with Gasteiger partial charge in [-0.1, -0.05) is 66.7 Å². The van der Waals surface area contributed by atoms with E-state index in [4.69, 9.17) is 13.9 Å². The standard InChI is InChI=1S/C33H35N3O5/c37-31(41-32(38)36-22-11-4-12-24-39-29-18-8-2-9-19-29)33(30-35-23-25-40-30,28-16-6-1-7-17-28)20-10-3-5-14-27-15-13-21-34-26-27/h1-2,5-9,13-19,21,23,25-26H,3-4,10-12,20,22,24H2,(H,36,38). The summed E-state index contributed by atoms with van der Waals surface area (Å²) >= 11 is 0. The number of unbranched alkanes of at least 4 members (excludes halogenated alkanes) is 3. The predicted octanol–water partition coefficient (Wildman–Crippen LogP) is 6.74. The minimum absolute atomic E-state index is 0.191. The molecule has 4 rings (SSSR count). The highest BCUT2D eigenvalue weighted by atomic mass is 16.6. The summed E-state index contributed by atoms with van der Waals surface area (Å²) in [7, 11) is 0. The highest BCUT2D eigenvalue weighted by Gasteiger charge is 2.48. The van der Waals surface area contributed by atoms with Gasteiger partial charge in [0.1, 0.15) is 12.0 Å². The molecule has 2 aromatic carbocycles. The molecule has 1 unspecified atom stereocenters. The Morgan fingerprint density at radius 2 is 1.71 bits per heavy atom. The zero-order valence-electron chi connectivity index (χ0n) is 23.0. The van der Waals surface area contributed by atoms with Crippen LogP contribution < -0.4 is 10.1 Å². The number of amides is 1. The number of rotatable bonds is 15. The first-order valence-electron chi connectivity index (χ1n) is 13.9. The van der Waals surface area contributed by atoms with Gasteiger partial charge in [0.2, 0.25) is 5.89 Å². The Balaban J connectivity index is 1.34. The van der Waals surface area contributed by atoms with Crippen molar-refractivity contribution in [3.05, 3.63) is 121 Å². The van der Waals surface area contributed by atoms with Crippen LogP contribution in [0.5, 0.6) is 5.75 Å². The van der Waals surface area contributed by atoms with Crippen LogP contribution in [0.1, 0.15) is 55.5 Å². The number of oxazole rings is 1. The van der Waals surface area contributed by atoms with E-state index in [9.17, 15) is 9.59 Å². The average Bonchev–Trinajstić information content (AvgIpc) is 3.55. The van der Waals surface area contributed by atoms with E-state index in [2.05, 4.69) is 15.3 Å². The zero-order chi connectivity index (χ0) is 28.6. The smallest absolute Gasteiger partial charge is 0.414 e. The number of carbonyl (C=O) groups is 2. The fraction of sp³-hybridized carbons (Fsp3) is 0.273. The second kappa shape index (κ2) is 15.8. The van der Waals surface area contributed by atoms with E-state index in [0.717, 1.165) is 30.6 Å². The molecule has 2 aromatic heterocycles. The van der Waals surface area contributed by atoms with Crippen LogP contribution in [-0.4, -0.2) is 35.2 Å². The molecule has 8 heteroatoms. The second-order valence-corrected chi connectivity index (χ2v) is 9.52. The number of hydrogen-bond donors (Lipinski definition) is 1. The number of nitrogens with one attached hydrogen (secondary N) is 1. The predicted molar refractivity (Wildman–Crippen MR) is 156 cm³/mol. The summed E-state index contributed by atoms with van der Waals surface area (Å²) in [5, 5.41) is 2.69. The molecule has 4 aromatic rings. The number of hydrogen-bond acceptors (Lipinski definition) is 7. The molecule has 1 amide bonds. The van der Waals surface area contributed by atoms with E-state index in [1.54, 1.807) is 12.4 Å². The van der Waals surface area contributed by atoms with Crippen LogP contribution in [0.4, 0.5) is 4.79 Å². The Hall–Kier alpha value is -4.72. The average molecular weight is 554 g/mol. The van der Waals surface area contributed by atoms with E-state index >= 15 is 0 Å². The van der Waals surface area contributed by atoms with E-state index in [-0.39, 0.29) is 5.89 Å². The minimum Gasteiger partial charge on any atom is -0.494 e. The topological polar surface area (TPSA) is 104 Å². The molecule has 0 aliphatic rings. The molecule has 0 aliphatic heterocycles. The molecule has 2 heterocycles. The van der Waals surface area contributed by atoms with Gasteiger partial charge in [0, 0.05) is 18.9 Å². The summed E-state index contributed by atoms with van der Waals surface area (Å²) in [6.07, 6.45) is 13.7. The monoisotopic (exact) mass is 553 g/mol. The van der Waals surface area contributed by atoms with E-state index in [1.165, 1.54) is 12.5 Å². The van der Waals surface area contributed by atoms with E-state index < -0.39 is 17.5 Å². The third-order valence-electron chi connectivity index (χ3n) is 6.62. The Labute approximate surface area is 240 Å². The minimum atomic E-state index is -1.38. The number of benzene rings is 2. The summed E-state index contributed by atoms with van der Waals surface area (Å²) in [4.78, 5) is 34.9. The molecule has 212 valence electrons. The van der Waals surface area contributed by atoms with Gasteiger partial charge in [0.15, 0.2) is 5.41 Å². The lowest BCUT2D eigenvalue weighted by atomic mass is 9.76. The summed E-state index contributed by atoms with van der Waals surface area (Å²) in [6, 6.07) is 22.7. The van der Waals surface area contributed by atoms with Crippen molar-refractivity contribution in [3.63, 3.8) is 0 Å². The first kappa shape index (κ1) is 29.3. The summed E-state index contributed by atoms with van der Waals surface area (Å²) in [6.45, 7) is 0.980. The molecule has 1 N–H and O–H groups in total. The number of allylic oxidation sites excluding steroid dienone is 1. The summed E-state index contributed by atoms with van der Waals surface area (Å²) in [5.41, 5.74) is 0.267. The number of para-hydroxylation sites is 1. The molecule has 0 radical (unpaired) electrons. The van der Waals surface area contributed by atoms with Gasteiger partial charge in [0.05, 0.1) is 12.8 Å². The Morgan fingerprint density at radius 3 is 2.44 bits per heavy atom. The van der Waals surface area contributed by atoms with Crippen molar-refractivity contribution < 1.29 is 23.5 Å². The number of pyridine rings is 1. The molecule has 0 bridgehead atoms. The van der Waals surface area contributed by atoms with Gasteiger partial charge >= 0.3 is 12.1 Å². The lowest BCUT2D eigenvalue weighted by molar-refractivity contribution is -0.143. The molecule has 0 saturated carbocycles. The van der Waals surface area contributed by atoms with Crippen molar-refractivity contribution in [2.75, 3.05) is 13.2 Å². The van der Waals surface area contributed by atoms with Gasteiger partial charge in [-0.05, 0) is 67.9 Å². The third kappa shape index (κ3) is 8.63. The van der Waals surface area contributed by atoms with Crippen LogP contribution in [0.25, 0.3) is 6.08 Å². The molecule has 0 aliphatic carbocycles. The van der Waals surface area contributed by atoms with Crippen LogP contribution in [0, 0.1) is 0 Å². The van der Waals surface area contributed by atoms with Crippen molar-refractivity contribution in [2.45, 2.75) is 43.9 Å².